The van der Waals surface area contributed by atoms with Crippen LogP contribution in [0.1, 0.15) is 28.8 Å². The molecule has 1 aromatic carbocycles. The van der Waals surface area contributed by atoms with Crippen LogP contribution in [0.25, 0.3) is 22.2 Å². The first kappa shape index (κ1) is 21.0. The van der Waals surface area contributed by atoms with E-state index in [2.05, 4.69) is 27.1 Å². The van der Waals surface area contributed by atoms with E-state index in [0.29, 0.717) is 6.04 Å². The van der Waals surface area contributed by atoms with Gasteiger partial charge in [0.1, 0.15) is 5.65 Å². The number of likely N-dealkylation sites (tertiary alicyclic amines) is 1. The number of nitrogens with zero attached hydrogens (tertiary/aromatic N) is 3. The summed E-state index contributed by atoms with van der Waals surface area (Å²) in [6.07, 6.45) is 5.94. The number of morpholine rings is 1. The van der Waals surface area contributed by atoms with Gasteiger partial charge in [-0.3, -0.25) is 9.69 Å². The molecule has 0 spiro atoms. The predicted octanol–water partition coefficient (Wildman–Crippen LogP) is 3.52. The summed E-state index contributed by atoms with van der Waals surface area (Å²) in [6.45, 7) is 7.39. The number of amides is 1. The van der Waals surface area contributed by atoms with Crippen molar-refractivity contribution >= 4 is 22.6 Å². The molecule has 2 aromatic heterocycles. The van der Waals surface area contributed by atoms with E-state index in [4.69, 9.17) is 4.74 Å². The molecule has 2 fully saturated rings. The second-order valence-electron chi connectivity index (χ2n) is 8.74. The van der Waals surface area contributed by atoms with Crippen molar-refractivity contribution in [3.05, 3.63) is 47.8 Å². The molecule has 0 radical (unpaired) electrons. The number of carbonyl (C=O) groups is 1. The lowest BCUT2D eigenvalue weighted by molar-refractivity contribution is 0.00159. The molecule has 7 nitrogen and oxygen atoms in total. The van der Waals surface area contributed by atoms with Crippen molar-refractivity contribution in [2.45, 2.75) is 25.8 Å². The van der Waals surface area contributed by atoms with Gasteiger partial charge in [0, 0.05) is 68.2 Å². The summed E-state index contributed by atoms with van der Waals surface area (Å²) in [7, 11) is 1.93. The van der Waals surface area contributed by atoms with Crippen LogP contribution in [0.5, 0.6) is 0 Å². The third-order valence-electron chi connectivity index (χ3n) is 6.91. The fourth-order valence-corrected chi connectivity index (χ4v) is 5.08. The molecule has 0 bridgehead atoms. The molecule has 1 amide bonds. The van der Waals surface area contributed by atoms with E-state index in [-0.39, 0.29) is 5.91 Å². The Bertz CT molecular complexity index is 1090. The number of ether oxygens (including phenoxy) is 1. The van der Waals surface area contributed by atoms with Crippen LogP contribution in [-0.4, -0.2) is 78.2 Å². The Morgan fingerprint density at radius 1 is 1.12 bits per heavy atom. The van der Waals surface area contributed by atoms with Gasteiger partial charge >= 0.3 is 0 Å². The Hall–Kier alpha value is -2.90. The molecular formula is C25H31N5O2. The zero-order chi connectivity index (χ0) is 22.1. The maximum atomic E-state index is 13.1. The maximum absolute atomic E-state index is 13.1. The number of aromatic nitrogens is 2. The second-order valence-corrected chi connectivity index (χ2v) is 8.74. The van der Waals surface area contributed by atoms with E-state index in [9.17, 15) is 4.79 Å². The third kappa shape index (κ3) is 3.87. The van der Waals surface area contributed by atoms with Crippen molar-refractivity contribution in [1.82, 2.24) is 19.8 Å². The Morgan fingerprint density at radius 3 is 2.53 bits per heavy atom. The van der Waals surface area contributed by atoms with Crippen LogP contribution >= 0.6 is 0 Å². The quantitative estimate of drug-likeness (QED) is 0.659. The van der Waals surface area contributed by atoms with Gasteiger partial charge in [0.25, 0.3) is 5.91 Å². The highest BCUT2D eigenvalue weighted by Crippen LogP contribution is 2.35. The average Bonchev–Trinajstić information content (AvgIpc) is 3.24. The van der Waals surface area contributed by atoms with Crippen LogP contribution in [0.2, 0.25) is 0 Å². The Kier molecular flexibility index (Phi) is 5.85. The number of benzene rings is 1. The highest BCUT2D eigenvalue weighted by Gasteiger charge is 2.28. The predicted molar refractivity (Wildman–Crippen MR) is 127 cm³/mol. The average molecular weight is 434 g/mol. The van der Waals surface area contributed by atoms with Crippen LogP contribution in [-0.2, 0) is 4.74 Å². The monoisotopic (exact) mass is 433 g/mol. The molecule has 2 N–H and O–H groups in total. The number of piperidine rings is 1. The van der Waals surface area contributed by atoms with Crippen molar-refractivity contribution in [1.29, 1.82) is 0 Å². The summed E-state index contributed by atoms with van der Waals surface area (Å²) in [5.74, 6) is 0.126. The van der Waals surface area contributed by atoms with Crippen LogP contribution in [0.15, 0.2) is 36.7 Å². The number of hydrogen-bond donors (Lipinski definition) is 2. The minimum absolute atomic E-state index is 0.126. The molecule has 5 rings (SSSR count). The highest BCUT2D eigenvalue weighted by molar-refractivity contribution is 6.00. The number of aryl methyl sites for hydroxylation is 1. The summed E-state index contributed by atoms with van der Waals surface area (Å²) in [5.41, 5.74) is 5.92. The van der Waals surface area contributed by atoms with Gasteiger partial charge in [-0.15, -0.1) is 0 Å². The number of fused-ring (bicyclic) bond motifs is 1. The van der Waals surface area contributed by atoms with E-state index in [1.807, 2.05) is 48.6 Å². The first-order chi connectivity index (χ1) is 15.7. The molecule has 0 aliphatic carbocycles. The molecule has 2 saturated heterocycles. The number of nitrogens with one attached hydrogen (secondary N) is 2. The molecular weight excluding hydrogens is 402 g/mol. The smallest absolute Gasteiger partial charge is 0.253 e. The molecule has 3 aromatic rings. The van der Waals surface area contributed by atoms with E-state index >= 15 is 0 Å². The first-order valence-electron chi connectivity index (χ1n) is 11.5. The van der Waals surface area contributed by atoms with Crippen LogP contribution in [0.3, 0.4) is 0 Å². The van der Waals surface area contributed by atoms with E-state index in [0.717, 1.165) is 91.2 Å². The van der Waals surface area contributed by atoms with Gasteiger partial charge in [-0.25, -0.2) is 4.98 Å². The van der Waals surface area contributed by atoms with E-state index in [1.54, 1.807) is 0 Å². The van der Waals surface area contributed by atoms with Crippen molar-refractivity contribution in [3.63, 3.8) is 0 Å². The normalized spacial score (nSPS) is 18.2. The number of aromatic amines is 1. The van der Waals surface area contributed by atoms with Crippen LogP contribution < -0.4 is 5.32 Å². The molecule has 168 valence electrons. The maximum Gasteiger partial charge on any atom is 0.253 e. The largest absolute Gasteiger partial charge is 0.387 e. The lowest BCUT2D eigenvalue weighted by atomic mass is 9.99. The van der Waals surface area contributed by atoms with E-state index < -0.39 is 0 Å². The number of rotatable bonds is 4. The third-order valence-corrected chi connectivity index (χ3v) is 6.91. The first-order valence-corrected chi connectivity index (χ1v) is 11.5. The minimum Gasteiger partial charge on any atom is -0.387 e. The lowest BCUT2D eigenvalue weighted by Crippen LogP contribution is -2.50. The number of H-pyrrole nitrogens is 1. The molecule has 0 atom stereocenters. The Balaban J connectivity index is 1.29. The zero-order valence-corrected chi connectivity index (χ0v) is 18.9. The van der Waals surface area contributed by atoms with Crippen molar-refractivity contribution < 1.29 is 9.53 Å². The summed E-state index contributed by atoms with van der Waals surface area (Å²) < 4.78 is 5.47. The molecule has 32 heavy (non-hydrogen) atoms. The van der Waals surface area contributed by atoms with Gasteiger partial charge in [0.15, 0.2) is 0 Å². The SMILES string of the molecule is CNc1c(-c2ccc(C(=O)N3CCC(N4CCOCC4)CC3)cc2)cnc2[nH]cc(C)c12. The number of carbonyl (C=O) groups excluding carboxylic acids is 1. The van der Waals surface area contributed by atoms with Crippen molar-refractivity contribution in [3.8, 4) is 11.1 Å². The Labute approximate surface area is 188 Å². The number of anilines is 1. The molecule has 2 aliphatic heterocycles. The van der Waals surface area contributed by atoms with Crippen LogP contribution in [0.4, 0.5) is 5.69 Å². The molecule has 2 aliphatic rings. The van der Waals surface area contributed by atoms with Crippen LogP contribution in [0, 0.1) is 6.92 Å². The van der Waals surface area contributed by atoms with E-state index in [1.165, 1.54) is 0 Å². The minimum atomic E-state index is 0.126. The molecule has 7 heteroatoms. The van der Waals surface area contributed by atoms with Crippen molar-refractivity contribution in [2.24, 2.45) is 0 Å². The van der Waals surface area contributed by atoms with Gasteiger partial charge in [-0.05, 0) is 43.0 Å². The van der Waals surface area contributed by atoms with Gasteiger partial charge in [0.05, 0.1) is 18.9 Å². The van der Waals surface area contributed by atoms with Gasteiger partial charge in [-0.2, -0.15) is 0 Å². The summed E-state index contributed by atoms with van der Waals surface area (Å²) in [5, 5.41) is 4.44. The number of hydrogen-bond acceptors (Lipinski definition) is 5. The summed E-state index contributed by atoms with van der Waals surface area (Å²) in [6, 6.07) is 8.52. The summed E-state index contributed by atoms with van der Waals surface area (Å²) in [4.78, 5) is 25.4. The Morgan fingerprint density at radius 2 is 1.84 bits per heavy atom. The summed E-state index contributed by atoms with van der Waals surface area (Å²) >= 11 is 0. The fourth-order valence-electron chi connectivity index (χ4n) is 5.08. The molecule has 0 saturated carbocycles. The zero-order valence-electron chi connectivity index (χ0n) is 18.9. The number of pyridine rings is 1. The van der Waals surface area contributed by atoms with Crippen molar-refractivity contribution in [2.75, 3.05) is 51.8 Å². The fraction of sp³-hybridized carbons (Fsp3) is 0.440. The lowest BCUT2D eigenvalue weighted by Gasteiger charge is -2.40. The second kappa shape index (κ2) is 8.92. The highest BCUT2D eigenvalue weighted by atomic mass is 16.5. The van der Waals surface area contributed by atoms with Gasteiger partial charge in [0.2, 0.25) is 0 Å². The van der Waals surface area contributed by atoms with Gasteiger partial charge < -0.3 is 19.9 Å². The van der Waals surface area contributed by atoms with Gasteiger partial charge in [-0.1, -0.05) is 12.1 Å². The standard InChI is InChI=1S/C25H31N5O2/c1-17-15-27-24-22(17)23(26-2)21(16-28-24)18-3-5-19(6-4-18)25(31)30-9-7-20(8-10-30)29-11-13-32-14-12-29/h3-6,15-16,20H,7-14H2,1-2H3,(H2,26,27,28). The molecule has 4 heterocycles. The topological polar surface area (TPSA) is 73.5 Å². The molecule has 0 unspecified atom stereocenters.